The number of amides is 1. The maximum Gasteiger partial charge on any atom is 0.262 e. The molecule has 1 aliphatic carbocycles. The molecular formula is C14H17N3O3S. The molecule has 0 saturated heterocycles. The molecule has 0 spiro atoms. The van der Waals surface area contributed by atoms with Gasteiger partial charge in [-0.2, -0.15) is 0 Å². The van der Waals surface area contributed by atoms with Gasteiger partial charge in [-0.3, -0.25) is 14.2 Å². The summed E-state index contributed by atoms with van der Waals surface area (Å²) in [5.74, 6) is -0.264. The molecule has 7 heteroatoms. The fourth-order valence-electron chi connectivity index (χ4n) is 2.69. The van der Waals surface area contributed by atoms with Gasteiger partial charge < -0.3 is 10.4 Å². The molecule has 2 aromatic rings. The molecule has 2 N–H and O–H groups in total. The van der Waals surface area contributed by atoms with Crippen molar-refractivity contribution in [3.63, 3.8) is 0 Å². The van der Waals surface area contributed by atoms with Gasteiger partial charge in [0.15, 0.2) is 0 Å². The second kappa shape index (κ2) is 5.95. The molecule has 1 fully saturated rings. The summed E-state index contributed by atoms with van der Waals surface area (Å²) in [6.45, 7) is -0.0686. The smallest absolute Gasteiger partial charge is 0.262 e. The highest BCUT2D eigenvalue weighted by atomic mass is 32.1. The van der Waals surface area contributed by atoms with Gasteiger partial charge in [-0.05, 0) is 24.3 Å². The summed E-state index contributed by atoms with van der Waals surface area (Å²) in [5, 5.41) is 15.0. The number of aromatic nitrogens is 2. The molecule has 21 heavy (non-hydrogen) atoms. The van der Waals surface area contributed by atoms with E-state index >= 15 is 0 Å². The van der Waals surface area contributed by atoms with Gasteiger partial charge in [-0.25, -0.2) is 4.98 Å². The van der Waals surface area contributed by atoms with Crippen LogP contribution in [0.1, 0.15) is 25.7 Å². The average Bonchev–Trinajstić information content (AvgIpc) is 2.94. The van der Waals surface area contributed by atoms with E-state index in [1.807, 2.05) is 5.38 Å². The maximum atomic E-state index is 12.2. The lowest BCUT2D eigenvalue weighted by atomic mass is 9.92. The van der Waals surface area contributed by atoms with E-state index < -0.39 is 6.10 Å². The molecule has 1 saturated carbocycles. The molecule has 1 amide bonds. The third kappa shape index (κ3) is 2.98. The van der Waals surface area contributed by atoms with Crippen LogP contribution in [0, 0.1) is 0 Å². The minimum atomic E-state index is -0.489. The van der Waals surface area contributed by atoms with Crippen LogP contribution in [0.4, 0.5) is 0 Å². The largest absolute Gasteiger partial charge is 0.391 e. The number of carbonyl (C=O) groups is 1. The van der Waals surface area contributed by atoms with Gasteiger partial charge in [0, 0.05) is 0 Å². The van der Waals surface area contributed by atoms with E-state index in [4.69, 9.17) is 0 Å². The van der Waals surface area contributed by atoms with Crippen LogP contribution >= 0.6 is 11.3 Å². The Morgan fingerprint density at radius 2 is 2.29 bits per heavy atom. The lowest BCUT2D eigenvalue weighted by Crippen LogP contribution is -2.46. The fourth-order valence-corrected chi connectivity index (χ4v) is 3.42. The zero-order valence-corrected chi connectivity index (χ0v) is 12.3. The number of thiophene rings is 1. The quantitative estimate of drug-likeness (QED) is 0.881. The summed E-state index contributed by atoms with van der Waals surface area (Å²) in [4.78, 5) is 29.1. The summed E-state index contributed by atoms with van der Waals surface area (Å²) in [6.07, 6.45) is 4.40. The van der Waals surface area contributed by atoms with E-state index in [-0.39, 0.29) is 24.1 Å². The van der Waals surface area contributed by atoms with Crippen LogP contribution in [-0.4, -0.2) is 32.7 Å². The SMILES string of the molecule is O=C(Cn1cnc2sccc2c1=O)N[C@H]1CCCC[C@@H]1O. The van der Waals surface area contributed by atoms with Crippen molar-refractivity contribution in [1.82, 2.24) is 14.9 Å². The van der Waals surface area contributed by atoms with Crippen LogP contribution in [0.2, 0.25) is 0 Å². The molecular weight excluding hydrogens is 290 g/mol. The second-order valence-corrected chi connectivity index (χ2v) is 6.24. The van der Waals surface area contributed by atoms with Crippen molar-refractivity contribution in [2.24, 2.45) is 0 Å². The van der Waals surface area contributed by atoms with Crippen molar-refractivity contribution in [2.45, 2.75) is 44.4 Å². The number of rotatable bonds is 3. The zero-order valence-electron chi connectivity index (χ0n) is 11.5. The van der Waals surface area contributed by atoms with Crippen LogP contribution in [0.25, 0.3) is 10.2 Å². The molecule has 3 rings (SSSR count). The summed E-state index contributed by atoms with van der Waals surface area (Å²) in [7, 11) is 0. The number of carbonyl (C=O) groups excluding carboxylic acids is 1. The minimum Gasteiger partial charge on any atom is -0.391 e. The first-order chi connectivity index (χ1) is 10.1. The molecule has 0 aliphatic heterocycles. The summed E-state index contributed by atoms with van der Waals surface area (Å²) in [5.41, 5.74) is -0.208. The number of nitrogens with one attached hydrogen (secondary N) is 1. The Morgan fingerprint density at radius 3 is 3.10 bits per heavy atom. The van der Waals surface area contributed by atoms with Crippen LogP contribution in [-0.2, 0) is 11.3 Å². The molecule has 0 aromatic carbocycles. The number of fused-ring (bicyclic) bond motifs is 1. The third-order valence-electron chi connectivity index (χ3n) is 3.84. The Hall–Kier alpha value is -1.73. The van der Waals surface area contributed by atoms with Gasteiger partial charge in [0.2, 0.25) is 5.91 Å². The van der Waals surface area contributed by atoms with Crippen LogP contribution < -0.4 is 10.9 Å². The average molecular weight is 307 g/mol. The zero-order chi connectivity index (χ0) is 14.8. The van der Waals surface area contributed by atoms with Gasteiger partial charge in [0.1, 0.15) is 11.4 Å². The maximum absolute atomic E-state index is 12.2. The molecule has 2 aromatic heterocycles. The van der Waals surface area contributed by atoms with Gasteiger partial charge in [0.05, 0.1) is 23.9 Å². The fraction of sp³-hybridized carbons (Fsp3) is 0.500. The molecule has 0 unspecified atom stereocenters. The lowest BCUT2D eigenvalue weighted by Gasteiger charge is -2.28. The van der Waals surface area contributed by atoms with Gasteiger partial charge >= 0.3 is 0 Å². The minimum absolute atomic E-state index is 0.0686. The topological polar surface area (TPSA) is 84.2 Å². The van der Waals surface area contributed by atoms with Gasteiger partial charge in [-0.15, -0.1) is 11.3 Å². The highest BCUT2D eigenvalue weighted by Crippen LogP contribution is 2.18. The van der Waals surface area contributed by atoms with Crippen molar-refractivity contribution < 1.29 is 9.90 Å². The summed E-state index contributed by atoms with van der Waals surface area (Å²) < 4.78 is 1.31. The number of hydrogen-bond acceptors (Lipinski definition) is 5. The Kier molecular flexibility index (Phi) is 4.03. The Labute approximate surface area is 125 Å². The monoisotopic (exact) mass is 307 g/mol. The van der Waals surface area contributed by atoms with E-state index in [0.717, 1.165) is 19.3 Å². The van der Waals surface area contributed by atoms with Gasteiger partial charge in [-0.1, -0.05) is 12.8 Å². The predicted octanol–water partition coefficient (Wildman–Crippen LogP) is 0.878. The standard InChI is InChI=1S/C14H17N3O3S/c18-11-4-2-1-3-10(11)16-12(19)7-17-8-15-13-9(14(17)20)5-6-21-13/h5-6,8,10-11,18H,1-4,7H2,(H,16,19)/t10-,11-/m0/s1. The van der Waals surface area contributed by atoms with Gasteiger partial charge in [0.25, 0.3) is 5.56 Å². The highest BCUT2D eigenvalue weighted by molar-refractivity contribution is 7.16. The van der Waals surface area contributed by atoms with Crippen LogP contribution in [0.5, 0.6) is 0 Å². The first-order valence-corrected chi connectivity index (χ1v) is 7.93. The summed E-state index contributed by atoms with van der Waals surface area (Å²) >= 11 is 1.40. The molecule has 112 valence electrons. The third-order valence-corrected chi connectivity index (χ3v) is 4.66. The summed E-state index contributed by atoms with van der Waals surface area (Å²) in [6, 6.07) is 1.51. The van der Waals surface area contributed by atoms with E-state index in [1.165, 1.54) is 22.2 Å². The Balaban J connectivity index is 1.71. The molecule has 0 bridgehead atoms. The first-order valence-electron chi connectivity index (χ1n) is 7.05. The normalized spacial score (nSPS) is 22.3. The van der Waals surface area contributed by atoms with Crippen molar-refractivity contribution in [3.05, 3.63) is 28.1 Å². The van der Waals surface area contributed by atoms with Crippen molar-refractivity contribution in [2.75, 3.05) is 0 Å². The number of hydrogen-bond donors (Lipinski definition) is 2. The molecule has 1 aliphatic rings. The Morgan fingerprint density at radius 1 is 1.48 bits per heavy atom. The van der Waals surface area contributed by atoms with Crippen molar-refractivity contribution in [1.29, 1.82) is 0 Å². The number of aliphatic hydroxyl groups excluding tert-OH is 1. The van der Waals surface area contributed by atoms with Crippen LogP contribution in [0.15, 0.2) is 22.6 Å². The number of nitrogens with zero attached hydrogens (tertiary/aromatic N) is 2. The Bertz CT molecular complexity index is 709. The van der Waals surface area contributed by atoms with E-state index in [1.54, 1.807) is 6.07 Å². The molecule has 6 nitrogen and oxygen atoms in total. The number of aliphatic hydroxyl groups is 1. The second-order valence-electron chi connectivity index (χ2n) is 5.34. The van der Waals surface area contributed by atoms with Crippen molar-refractivity contribution in [3.8, 4) is 0 Å². The predicted molar refractivity (Wildman–Crippen MR) is 80.3 cm³/mol. The highest BCUT2D eigenvalue weighted by Gasteiger charge is 2.24. The first kappa shape index (κ1) is 14.2. The van der Waals surface area contributed by atoms with Crippen LogP contribution in [0.3, 0.4) is 0 Å². The van der Waals surface area contributed by atoms with E-state index in [9.17, 15) is 14.7 Å². The van der Waals surface area contributed by atoms with E-state index in [2.05, 4.69) is 10.3 Å². The van der Waals surface area contributed by atoms with E-state index in [0.29, 0.717) is 16.6 Å². The van der Waals surface area contributed by atoms with Crippen molar-refractivity contribution >= 4 is 27.5 Å². The molecule has 2 heterocycles. The molecule has 0 radical (unpaired) electrons. The molecule has 2 atom stereocenters. The lowest BCUT2D eigenvalue weighted by molar-refractivity contribution is -0.123.